The summed E-state index contributed by atoms with van der Waals surface area (Å²) in [7, 11) is 1.44. The zero-order valence-corrected chi connectivity index (χ0v) is 10.5. The van der Waals surface area contributed by atoms with Crippen LogP contribution in [0.25, 0.3) is 0 Å². The molecule has 18 heavy (non-hydrogen) atoms. The van der Waals surface area contributed by atoms with Crippen molar-refractivity contribution in [3.63, 3.8) is 0 Å². The van der Waals surface area contributed by atoms with Gasteiger partial charge in [-0.1, -0.05) is 6.92 Å². The molecule has 2 aliphatic heterocycles. The molecule has 2 fully saturated rings. The van der Waals surface area contributed by atoms with Crippen LogP contribution in [-0.2, 0) is 28.5 Å². The van der Waals surface area contributed by atoms with E-state index in [0.29, 0.717) is 6.42 Å². The Bertz CT molecular complexity index is 342. The molecule has 0 aromatic rings. The Kier molecular flexibility index (Phi) is 3.72. The largest absolute Gasteiger partial charge is 0.509 e. The lowest BCUT2D eigenvalue weighted by Gasteiger charge is -2.39. The lowest BCUT2D eigenvalue weighted by atomic mass is 9.97. The summed E-state index contributed by atoms with van der Waals surface area (Å²) in [6, 6.07) is 0. The molecule has 2 rings (SSSR count). The van der Waals surface area contributed by atoms with Crippen molar-refractivity contribution >= 4 is 12.1 Å². The standard InChI is InChI=1S/C11H16O7/c1-4-6-7-8(18-11(13)17-7)9(15-5(2)12)10(14-3)16-6/h6-10H,4H2,1-3H3/t6-,7-,8+,9+,10+/m1/s1. The normalized spacial score (nSPS) is 38.6. The molecule has 7 nitrogen and oxygen atoms in total. The molecule has 2 aliphatic rings. The number of ether oxygens (including phenoxy) is 5. The molecule has 0 amide bonds. The highest BCUT2D eigenvalue weighted by Gasteiger charge is 2.55. The molecule has 0 N–H and O–H groups in total. The van der Waals surface area contributed by atoms with E-state index in [1.165, 1.54) is 14.0 Å². The van der Waals surface area contributed by atoms with E-state index < -0.39 is 36.7 Å². The molecule has 0 aromatic heterocycles. The lowest BCUT2D eigenvalue weighted by molar-refractivity contribution is -0.274. The predicted octanol–water partition coefficient (Wildman–Crippen LogP) is 0.603. The maximum atomic E-state index is 11.2. The van der Waals surface area contributed by atoms with E-state index in [4.69, 9.17) is 23.7 Å². The maximum Gasteiger partial charge on any atom is 0.509 e. The third-order valence-electron chi connectivity index (χ3n) is 2.99. The predicted molar refractivity (Wildman–Crippen MR) is 56.7 cm³/mol. The van der Waals surface area contributed by atoms with Crippen LogP contribution in [0, 0.1) is 0 Å². The number of esters is 1. The van der Waals surface area contributed by atoms with E-state index in [0.717, 1.165) is 0 Å². The van der Waals surface area contributed by atoms with Crippen LogP contribution in [0.4, 0.5) is 4.79 Å². The van der Waals surface area contributed by atoms with Crippen molar-refractivity contribution < 1.29 is 33.3 Å². The Hall–Kier alpha value is -1.34. The van der Waals surface area contributed by atoms with E-state index in [1.54, 1.807) is 0 Å². The lowest BCUT2D eigenvalue weighted by Crippen LogP contribution is -2.57. The Morgan fingerprint density at radius 3 is 2.56 bits per heavy atom. The number of methoxy groups -OCH3 is 1. The molecule has 0 unspecified atom stereocenters. The van der Waals surface area contributed by atoms with E-state index in [9.17, 15) is 9.59 Å². The van der Waals surface area contributed by atoms with Gasteiger partial charge in [0.1, 0.15) is 6.10 Å². The fraction of sp³-hybridized carbons (Fsp3) is 0.818. The topological polar surface area (TPSA) is 80.3 Å². The van der Waals surface area contributed by atoms with Crippen molar-refractivity contribution in [1.82, 2.24) is 0 Å². The highest BCUT2D eigenvalue weighted by atomic mass is 16.8. The summed E-state index contributed by atoms with van der Waals surface area (Å²) in [5.74, 6) is -0.498. The van der Waals surface area contributed by atoms with Gasteiger partial charge in [0.2, 0.25) is 0 Å². The molecule has 0 radical (unpaired) electrons. The monoisotopic (exact) mass is 260 g/mol. The second-order valence-electron chi connectivity index (χ2n) is 4.18. The van der Waals surface area contributed by atoms with Crippen molar-refractivity contribution in [2.45, 2.75) is 51.0 Å². The average Bonchev–Trinajstić information content (AvgIpc) is 2.70. The molecule has 5 atom stereocenters. The van der Waals surface area contributed by atoms with Crippen molar-refractivity contribution in [3.8, 4) is 0 Å². The number of fused-ring (bicyclic) bond motifs is 1. The van der Waals surface area contributed by atoms with Crippen molar-refractivity contribution in [3.05, 3.63) is 0 Å². The SMILES string of the molecule is CC[C@H]1O[C@H](OC)[C@@H](OC(C)=O)[C@H]2OC(=O)O[C@@H]21. The molecule has 0 saturated carbocycles. The first-order valence-electron chi connectivity index (χ1n) is 5.79. The molecule has 7 heteroatoms. The molecule has 2 saturated heterocycles. The van der Waals surface area contributed by atoms with Gasteiger partial charge < -0.3 is 23.7 Å². The fourth-order valence-electron chi connectivity index (χ4n) is 2.24. The molecular weight excluding hydrogens is 244 g/mol. The minimum Gasteiger partial charge on any atom is -0.453 e. The van der Waals surface area contributed by atoms with Gasteiger partial charge in [-0.05, 0) is 6.42 Å². The highest BCUT2D eigenvalue weighted by Crippen LogP contribution is 2.33. The van der Waals surface area contributed by atoms with Crippen LogP contribution in [-0.4, -0.2) is 49.9 Å². The van der Waals surface area contributed by atoms with Crippen molar-refractivity contribution in [1.29, 1.82) is 0 Å². The number of carbonyl (C=O) groups is 2. The zero-order valence-electron chi connectivity index (χ0n) is 10.5. The van der Waals surface area contributed by atoms with Gasteiger partial charge in [-0.3, -0.25) is 4.79 Å². The minimum atomic E-state index is -0.813. The summed E-state index contributed by atoms with van der Waals surface area (Å²) in [6.45, 7) is 3.16. The first kappa shape index (κ1) is 13.1. The van der Waals surface area contributed by atoms with Crippen LogP contribution in [0.2, 0.25) is 0 Å². The Labute approximate surface area is 104 Å². The van der Waals surface area contributed by atoms with E-state index in [1.807, 2.05) is 6.92 Å². The second kappa shape index (κ2) is 5.11. The Morgan fingerprint density at radius 1 is 1.33 bits per heavy atom. The molecule has 0 bridgehead atoms. The molecule has 0 aliphatic carbocycles. The number of rotatable bonds is 3. The smallest absolute Gasteiger partial charge is 0.453 e. The highest BCUT2D eigenvalue weighted by molar-refractivity contribution is 5.67. The van der Waals surface area contributed by atoms with E-state index in [2.05, 4.69) is 0 Å². The van der Waals surface area contributed by atoms with Gasteiger partial charge in [0.15, 0.2) is 24.6 Å². The molecule has 102 valence electrons. The van der Waals surface area contributed by atoms with Crippen LogP contribution < -0.4 is 0 Å². The summed E-state index contributed by atoms with van der Waals surface area (Å²) < 4.78 is 25.9. The van der Waals surface area contributed by atoms with Gasteiger partial charge >= 0.3 is 12.1 Å². The summed E-state index contributed by atoms with van der Waals surface area (Å²) in [5, 5.41) is 0. The number of hydrogen-bond acceptors (Lipinski definition) is 7. The summed E-state index contributed by atoms with van der Waals surface area (Å²) >= 11 is 0. The third-order valence-corrected chi connectivity index (χ3v) is 2.99. The Morgan fingerprint density at radius 2 is 2.00 bits per heavy atom. The second-order valence-corrected chi connectivity index (χ2v) is 4.18. The Balaban J connectivity index is 2.21. The van der Waals surface area contributed by atoms with Crippen molar-refractivity contribution in [2.24, 2.45) is 0 Å². The quantitative estimate of drug-likeness (QED) is 0.687. The molecule has 2 heterocycles. The van der Waals surface area contributed by atoms with Crippen LogP contribution in [0.15, 0.2) is 0 Å². The van der Waals surface area contributed by atoms with Gasteiger partial charge in [0, 0.05) is 14.0 Å². The average molecular weight is 260 g/mol. The van der Waals surface area contributed by atoms with Crippen LogP contribution >= 0.6 is 0 Å². The summed E-state index contributed by atoms with van der Waals surface area (Å²) in [4.78, 5) is 22.3. The van der Waals surface area contributed by atoms with Crippen LogP contribution in [0.1, 0.15) is 20.3 Å². The van der Waals surface area contributed by atoms with Gasteiger partial charge in [0.25, 0.3) is 0 Å². The third kappa shape index (κ3) is 2.28. The zero-order chi connectivity index (χ0) is 13.3. The first-order chi connectivity index (χ1) is 8.56. The number of carbonyl (C=O) groups excluding carboxylic acids is 2. The van der Waals surface area contributed by atoms with Crippen molar-refractivity contribution in [2.75, 3.05) is 7.11 Å². The number of hydrogen-bond donors (Lipinski definition) is 0. The van der Waals surface area contributed by atoms with E-state index in [-0.39, 0.29) is 6.10 Å². The maximum absolute atomic E-state index is 11.2. The fourth-order valence-corrected chi connectivity index (χ4v) is 2.24. The molecule has 0 spiro atoms. The molecular formula is C11H16O7. The van der Waals surface area contributed by atoms with Crippen LogP contribution in [0.3, 0.4) is 0 Å². The summed E-state index contributed by atoms with van der Waals surface area (Å²) in [6.07, 6.45) is -3.33. The van der Waals surface area contributed by atoms with Gasteiger partial charge in [-0.25, -0.2) is 4.79 Å². The van der Waals surface area contributed by atoms with Gasteiger partial charge in [-0.15, -0.1) is 0 Å². The van der Waals surface area contributed by atoms with E-state index >= 15 is 0 Å². The van der Waals surface area contributed by atoms with Crippen LogP contribution in [0.5, 0.6) is 0 Å². The summed E-state index contributed by atoms with van der Waals surface area (Å²) in [5.41, 5.74) is 0. The van der Waals surface area contributed by atoms with Gasteiger partial charge in [0.05, 0.1) is 0 Å². The minimum absolute atomic E-state index is 0.335. The van der Waals surface area contributed by atoms with Gasteiger partial charge in [-0.2, -0.15) is 0 Å². The first-order valence-corrected chi connectivity index (χ1v) is 5.79. The molecule has 0 aromatic carbocycles.